The van der Waals surface area contributed by atoms with Crippen LogP contribution in [-0.2, 0) is 9.53 Å². The van der Waals surface area contributed by atoms with Crippen LogP contribution in [0.1, 0.15) is 25.5 Å². The Hall–Kier alpha value is -2.53. The molecule has 1 unspecified atom stereocenters. The molecule has 0 N–H and O–H groups in total. The number of imidazole rings is 1. The van der Waals surface area contributed by atoms with Crippen molar-refractivity contribution >= 4 is 28.9 Å². The van der Waals surface area contributed by atoms with E-state index in [2.05, 4.69) is 22.3 Å². The standard InChI is InChI=1S/C22H24ClN3O2/c1-3-28-22(27)16-7-6-11-25(14-16)17-9-10-19(23)18(13-17)21-15(2)26-12-5-4-8-20(26)24-21/h4-5,8-10,12-13,16H,3,6-7,11,14H2,1-2H3. The van der Waals surface area contributed by atoms with E-state index in [0.29, 0.717) is 18.2 Å². The number of hydrogen-bond donors (Lipinski definition) is 0. The first-order valence-corrected chi connectivity index (χ1v) is 10.1. The summed E-state index contributed by atoms with van der Waals surface area (Å²) in [4.78, 5) is 19.2. The van der Waals surface area contributed by atoms with Gasteiger partial charge in [0.1, 0.15) is 5.65 Å². The Labute approximate surface area is 169 Å². The molecule has 0 aliphatic carbocycles. The molecule has 0 amide bonds. The largest absolute Gasteiger partial charge is 0.466 e. The predicted molar refractivity (Wildman–Crippen MR) is 112 cm³/mol. The number of piperidine rings is 1. The Bertz CT molecular complexity index is 1010. The first-order chi connectivity index (χ1) is 13.6. The highest BCUT2D eigenvalue weighted by molar-refractivity contribution is 6.33. The molecule has 6 heteroatoms. The number of hydrogen-bond acceptors (Lipinski definition) is 4. The van der Waals surface area contributed by atoms with Crippen molar-refractivity contribution in [1.29, 1.82) is 0 Å². The first kappa shape index (κ1) is 18.8. The molecule has 146 valence electrons. The maximum Gasteiger partial charge on any atom is 0.310 e. The Kier molecular flexibility index (Phi) is 5.27. The monoisotopic (exact) mass is 397 g/mol. The second-order valence-electron chi connectivity index (χ2n) is 7.18. The van der Waals surface area contributed by atoms with Crippen LogP contribution >= 0.6 is 11.6 Å². The van der Waals surface area contributed by atoms with Gasteiger partial charge in [0, 0.05) is 36.2 Å². The number of anilines is 1. The van der Waals surface area contributed by atoms with Crippen molar-refractivity contribution in [2.75, 3.05) is 24.6 Å². The van der Waals surface area contributed by atoms with Crippen LogP contribution in [0, 0.1) is 12.8 Å². The second kappa shape index (κ2) is 7.84. The van der Waals surface area contributed by atoms with E-state index in [1.807, 2.05) is 43.5 Å². The number of halogens is 1. The number of nitrogens with zero attached hydrogens (tertiary/aromatic N) is 3. The van der Waals surface area contributed by atoms with Gasteiger partial charge in [0.2, 0.25) is 0 Å². The van der Waals surface area contributed by atoms with Crippen LogP contribution < -0.4 is 4.90 Å². The number of ether oxygens (including phenoxy) is 1. The van der Waals surface area contributed by atoms with E-state index in [1.165, 1.54) is 0 Å². The van der Waals surface area contributed by atoms with E-state index < -0.39 is 0 Å². The molecule has 1 atom stereocenters. The van der Waals surface area contributed by atoms with E-state index in [9.17, 15) is 4.79 Å². The van der Waals surface area contributed by atoms with Gasteiger partial charge in [0.05, 0.1) is 23.2 Å². The van der Waals surface area contributed by atoms with Gasteiger partial charge in [-0.05, 0) is 57.0 Å². The molecule has 2 aromatic heterocycles. The zero-order valence-electron chi connectivity index (χ0n) is 16.2. The van der Waals surface area contributed by atoms with Crippen LogP contribution in [0.25, 0.3) is 16.9 Å². The number of benzene rings is 1. The summed E-state index contributed by atoms with van der Waals surface area (Å²) >= 11 is 6.55. The average molecular weight is 398 g/mol. The molecule has 0 bridgehead atoms. The lowest BCUT2D eigenvalue weighted by atomic mass is 9.97. The highest BCUT2D eigenvalue weighted by Crippen LogP contribution is 2.35. The van der Waals surface area contributed by atoms with Gasteiger partial charge in [-0.2, -0.15) is 0 Å². The number of aryl methyl sites for hydroxylation is 1. The van der Waals surface area contributed by atoms with Crippen molar-refractivity contribution < 1.29 is 9.53 Å². The molecular formula is C22H24ClN3O2. The van der Waals surface area contributed by atoms with Crippen LogP contribution in [0.15, 0.2) is 42.6 Å². The quantitative estimate of drug-likeness (QED) is 0.596. The Balaban J connectivity index is 1.67. The van der Waals surface area contributed by atoms with E-state index in [1.54, 1.807) is 0 Å². The highest BCUT2D eigenvalue weighted by Gasteiger charge is 2.27. The molecule has 0 saturated carbocycles. The maximum absolute atomic E-state index is 12.2. The lowest BCUT2D eigenvalue weighted by Gasteiger charge is -2.33. The van der Waals surface area contributed by atoms with Crippen molar-refractivity contribution in [1.82, 2.24) is 9.38 Å². The molecule has 5 nitrogen and oxygen atoms in total. The fraction of sp³-hybridized carbons (Fsp3) is 0.364. The molecule has 1 aliphatic heterocycles. The van der Waals surface area contributed by atoms with Gasteiger partial charge >= 0.3 is 5.97 Å². The van der Waals surface area contributed by atoms with E-state index in [0.717, 1.165) is 47.7 Å². The zero-order chi connectivity index (χ0) is 19.7. The van der Waals surface area contributed by atoms with Crippen molar-refractivity contribution in [2.45, 2.75) is 26.7 Å². The summed E-state index contributed by atoms with van der Waals surface area (Å²) in [5.41, 5.74) is 4.81. The average Bonchev–Trinajstić information content (AvgIpc) is 3.05. The van der Waals surface area contributed by atoms with Crippen LogP contribution in [0.5, 0.6) is 0 Å². The third-order valence-electron chi connectivity index (χ3n) is 5.38. The molecule has 3 heterocycles. The molecule has 1 aromatic carbocycles. The van der Waals surface area contributed by atoms with Gasteiger partial charge < -0.3 is 14.0 Å². The van der Waals surface area contributed by atoms with Gasteiger partial charge in [0.25, 0.3) is 0 Å². The van der Waals surface area contributed by atoms with E-state index in [-0.39, 0.29) is 11.9 Å². The number of aromatic nitrogens is 2. The minimum absolute atomic E-state index is 0.0789. The number of carbonyl (C=O) groups is 1. The summed E-state index contributed by atoms with van der Waals surface area (Å²) in [5.74, 6) is -0.178. The Morgan fingerprint density at radius 1 is 1.32 bits per heavy atom. The van der Waals surface area contributed by atoms with Crippen molar-refractivity contribution in [3.8, 4) is 11.3 Å². The number of pyridine rings is 1. The number of esters is 1. The summed E-state index contributed by atoms with van der Waals surface area (Å²) in [6.45, 7) is 5.91. The highest BCUT2D eigenvalue weighted by atomic mass is 35.5. The van der Waals surface area contributed by atoms with Crippen LogP contribution in [0.3, 0.4) is 0 Å². The van der Waals surface area contributed by atoms with Crippen molar-refractivity contribution in [2.24, 2.45) is 5.92 Å². The van der Waals surface area contributed by atoms with Crippen LogP contribution in [-0.4, -0.2) is 35.1 Å². The predicted octanol–water partition coefficient (Wildman–Crippen LogP) is 4.74. The normalized spacial score (nSPS) is 17.1. The first-order valence-electron chi connectivity index (χ1n) is 9.73. The van der Waals surface area contributed by atoms with Crippen molar-refractivity contribution in [3.63, 3.8) is 0 Å². The summed E-state index contributed by atoms with van der Waals surface area (Å²) in [6.07, 6.45) is 3.85. The van der Waals surface area contributed by atoms with E-state index >= 15 is 0 Å². The number of rotatable bonds is 4. The Morgan fingerprint density at radius 2 is 2.18 bits per heavy atom. The lowest BCUT2D eigenvalue weighted by Crippen LogP contribution is -2.39. The molecule has 4 rings (SSSR count). The zero-order valence-corrected chi connectivity index (χ0v) is 16.9. The van der Waals surface area contributed by atoms with Gasteiger partial charge in [-0.1, -0.05) is 17.7 Å². The molecule has 1 fully saturated rings. The third-order valence-corrected chi connectivity index (χ3v) is 5.71. The summed E-state index contributed by atoms with van der Waals surface area (Å²) in [7, 11) is 0. The number of fused-ring (bicyclic) bond motifs is 1. The van der Waals surface area contributed by atoms with Gasteiger partial charge in [0.15, 0.2) is 0 Å². The number of carbonyl (C=O) groups excluding carboxylic acids is 1. The SMILES string of the molecule is CCOC(=O)C1CCCN(c2ccc(Cl)c(-c3nc4ccccn4c3C)c2)C1. The summed E-state index contributed by atoms with van der Waals surface area (Å²) in [5, 5.41) is 0.675. The van der Waals surface area contributed by atoms with Crippen LogP contribution in [0.2, 0.25) is 5.02 Å². The lowest BCUT2D eigenvalue weighted by molar-refractivity contribution is -0.148. The molecular weight excluding hydrogens is 374 g/mol. The maximum atomic E-state index is 12.2. The van der Waals surface area contributed by atoms with Gasteiger partial charge in [-0.15, -0.1) is 0 Å². The fourth-order valence-electron chi connectivity index (χ4n) is 3.93. The molecule has 1 saturated heterocycles. The van der Waals surface area contributed by atoms with Gasteiger partial charge in [-0.3, -0.25) is 4.79 Å². The second-order valence-corrected chi connectivity index (χ2v) is 7.58. The van der Waals surface area contributed by atoms with E-state index in [4.69, 9.17) is 21.3 Å². The molecule has 0 spiro atoms. The minimum Gasteiger partial charge on any atom is -0.466 e. The topological polar surface area (TPSA) is 46.8 Å². The molecule has 1 aliphatic rings. The molecule has 3 aromatic rings. The van der Waals surface area contributed by atoms with Gasteiger partial charge in [-0.25, -0.2) is 4.98 Å². The summed E-state index contributed by atoms with van der Waals surface area (Å²) in [6, 6.07) is 12.0. The molecule has 28 heavy (non-hydrogen) atoms. The third kappa shape index (κ3) is 3.47. The summed E-state index contributed by atoms with van der Waals surface area (Å²) < 4.78 is 7.29. The smallest absolute Gasteiger partial charge is 0.310 e. The molecule has 0 radical (unpaired) electrons. The van der Waals surface area contributed by atoms with Crippen molar-refractivity contribution in [3.05, 3.63) is 53.3 Å². The Morgan fingerprint density at radius 3 is 2.96 bits per heavy atom. The van der Waals surface area contributed by atoms with Crippen LogP contribution in [0.4, 0.5) is 5.69 Å². The minimum atomic E-state index is -0.0995. The fourth-order valence-corrected chi connectivity index (χ4v) is 4.14.